The highest BCUT2D eigenvalue weighted by molar-refractivity contribution is 7.93. The SMILES string of the molecule is COc1ccc(C(=O)Nc2ccc(OC[C@@H]3CCS(C)(=O)=N3)c(-c3c(Cl)cnn3C)c2)c(F)c1. The van der Waals surface area contributed by atoms with Crippen LogP contribution in [0.5, 0.6) is 11.5 Å². The van der Waals surface area contributed by atoms with E-state index in [9.17, 15) is 13.4 Å². The minimum Gasteiger partial charge on any atom is -0.497 e. The predicted molar refractivity (Wildman–Crippen MR) is 130 cm³/mol. The Kier molecular flexibility index (Phi) is 6.81. The van der Waals surface area contributed by atoms with Gasteiger partial charge in [0, 0.05) is 46.1 Å². The molecule has 4 rings (SSSR count). The lowest BCUT2D eigenvalue weighted by Crippen LogP contribution is -2.15. The van der Waals surface area contributed by atoms with E-state index < -0.39 is 21.5 Å². The highest BCUT2D eigenvalue weighted by Crippen LogP contribution is 2.37. The van der Waals surface area contributed by atoms with Crippen LogP contribution in [0.4, 0.5) is 10.1 Å². The summed E-state index contributed by atoms with van der Waals surface area (Å²) < 4.78 is 43.4. The molecule has 1 aliphatic heterocycles. The zero-order valence-electron chi connectivity index (χ0n) is 18.9. The third kappa shape index (κ3) is 5.18. The molecule has 0 spiro atoms. The standard InChI is InChI=1S/C23H24ClFN4O4S/c1-29-22(19(24)12-26-29)18-10-14(27-23(30)17-6-5-16(32-2)11-20(17)25)4-7-21(18)33-13-15-8-9-34(3,31)28-15/h4-7,10-12,15H,8-9,13H2,1-3H3,(H,27,30)/t15-,34?/m0/s1. The van der Waals surface area contributed by atoms with Gasteiger partial charge in [-0.15, -0.1) is 0 Å². The highest BCUT2D eigenvalue weighted by Gasteiger charge is 2.22. The predicted octanol–water partition coefficient (Wildman–Crippen LogP) is 4.39. The number of carbonyl (C=O) groups is 1. The summed E-state index contributed by atoms with van der Waals surface area (Å²) in [4.78, 5) is 12.7. The summed E-state index contributed by atoms with van der Waals surface area (Å²) in [5.41, 5.74) is 1.48. The molecule has 1 unspecified atom stereocenters. The van der Waals surface area contributed by atoms with E-state index in [1.165, 1.54) is 25.4 Å². The zero-order valence-corrected chi connectivity index (χ0v) is 20.5. The fraction of sp³-hybridized carbons (Fsp3) is 0.304. The molecule has 0 saturated heterocycles. The van der Waals surface area contributed by atoms with Crippen LogP contribution in [0.25, 0.3) is 11.3 Å². The number of benzene rings is 2. The van der Waals surface area contributed by atoms with Crippen LogP contribution < -0.4 is 14.8 Å². The van der Waals surface area contributed by atoms with Gasteiger partial charge in [0.05, 0.1) is 35.6 Å². The Labute approximate surface area is 202 Å². The largest absolute Gasteiger partial charge is 0.497 e. The minimum absolute atomic E-state index is 0.118. The van der Waals surface area contributed by atoms with Crippen molar-refractivity contribution in [1.82, 2.24) is 9.78 Å². The molecule has 2 heterocycles. The topological polar surface area (TPSA) is 94.8 Å². The van der Waals surface area contributed by atoms with Crippen molar-refractivity contribution < 1.29 is 22.9 Å². The Morgan fingerprint density at radius 2 is 2.12 bits per heavy atom. The van der Waals surface area contributed by atoms with Crippen molar-refractivity contribution in [3.63, 3.8) is 0 Å². The van der Waals surface area contributed by atoms with E-state index in [0.29, 0.717) is 45.6 Å². The third-order valence-corrected chi connectivity index (χ3v) is 7.45. The second kappa shape index (κ2) is 9.63. The van der Waals surface area contributed by atoms with Gasteiger partial charge in [-0.3, -0.25) is 13.7 Å². The first-order chi connectivity index (χ1) is 16.2. The van der Waals surface area contributed by atoms with Crippen LogP contribution >= 0.6 is 11.6 Å². The number of carbonyl (C=O) groups excluding carboxylic acids is 1. The molecule has 34 heavy (non-hydrogen) atoms. The van der Waals surface area contributed by atoms with Gasteiger partial charge in [0.15, 0.2) is 0 Å². The maximum atomic E-state index is 14.3. The summed E-state index contributed by atoms with van der Waals surface area (Å²) in [6.07, 6.45) is 3.85. The molecule has 0 aliphatic carbocycles. The van der Waals surface area contributed by atoms with Crippen molar-refractivity contribution in [3.05, 3.63) is 59.0 Å². The summed E-state index contributed by atoms with van der Waals surface area (Å²) in [7, 11) is 1.01. The zero-order chi connectivity index (χ0) is 24.5. The molecule has 0 radical (unpaired) electrons. The molecular formula is C23H24ClFN4O4S. The molecule has 1 aliphatic rings. The lowest BCUT2D eigenvalue weighted by atomic mass is 10.1. The average Bonchev–Trinajstić information content (AvgIpc) is 3.32. The third-order valence-electron chi connectivity index (χ3n) is 5.44. The quantitative estimate of drug-likeness (QED) is 0.513. The number of hydrogen-bond donors (Lipinski definition) is 1. The van der Waals surface area contributed by atoms with E-state index in [4.69, 9.17) is 21.1 Å². The molecule has 2 atom stereocenters. The molecule has 1 amide bonds. The van der Waals surface area contributed by atoms with Crippen LogP contribution in [0.2, 0.25) is 5.02 Å². The van der Waals surface area contributed by atoms with E-state index in [2.05, 4.69) is 14.8 Å². The van der Waals surface area contributed by atoms with Crippen LogP contribution in [0.15, 0.2) is 47.0 Å². The van der Waals surface area contributed by atoms with E-state index in [1.54, 1.807) is 36.2 Å². The van der Waals surface area contributed by atoms with E-state index >= 15 is 0 Å². The first kappa shape index (κ1) is 24.0. The van der Waals surface area contributed by atoms with Crippen molar-refractivity contribution in [3.8, 4) is 22.8 Å². The van der Waals surface area contributed by atoms with Crippen molar-refractivity contribution in [2.75, 3.05) is 31.0 Å². The molecule has 180 valence electrons. The first-order valence-electron chi connectivity index (χ1n) is 10.5. The van der Waals surface area contributed by atoms with Crippen molar-refractivity contribution in [2.45, 2.75) is 12.5 Å². The first-order valence-corrected chi connectivity index (χ1v) is 12.9. The summed E-state index contributed by atoms with van der Waals surface area (Å²) in [6, 6.07) is 8.88. The normalized spacial score (nSPS) is 19.5. The molecule has 11 heteroatoms. The van der Waals surface area contributed by atoms with Crippen LogP contribution in [-0.2, 0) is 16.8 Å². The number of ether oxygens (including phenoxy) is 2. The van der Waals surface area contributed by atoms with Crippen LogP contribution in [0.3, 0.4) is 0 Å². The lowest BCUT2D eigenvalue weighted by molar-refractivity contribution is 0.102. The number of rotatable bonds is 7. The summed E-state index contributed by atoms with van der Waals surface area (Å²) >= 11 is 6.38. The van der Waals surface area contributed by atoms with Gasteiger partial charge in [-0.25, -0.2) is 8.75 Å². The van der Waals surface area contributed by atoms with Gasteiger partial charge < -0.3 is 14.8 Å². The Hall–Kier alpha value is -3.11. The molecular weight excluding hydrogens is 483 g/mol. The molecule has 0 bridgehead atoms. The van der Waals surface area contributed by atoms with Gasteiger partial charge in [-0.2, -0.15) is 5.10 Å². The van der Waals surface area contributed by atoms with Crippen molar-refractivity contribution >= 4 is 32.9 Å². The molecule has 3 aromatic rings. The summed E-state index contributed by atoms with van der Waals surface area (Å²) in [5, 5.41) is 7.29. The Balaban J connectivity index is 1.62. The monoisotopic (exact) mass is 506 g/mol. The molecule has 0 saturated carbocycles. The summed E-state index contributed by atoms with van der Waals surface area (Å²) in [6.45, 7) is 0.260. The van der Waals surface area contributed by atoms with Crippen LogP contribution in [-0.4, -0.2) is 51.7 Å². The van der Waals surface area contributed by atoms with E-state index in [-0.39, 0.29) is 18.2 Å². The lowest BCUT2D eigenvalue weighted by Gasteiger charge is -2.16. The van der Waals surface area contributed by atoms with Gasteiger partial charge in [-0.05, 0) is 36.8 Å². The number of anilines is 1. The van der Waals surface area contributed by atoms with Gasteiger partial charge in [0.2, 0.25) is 0 Å². The molecule has 0 fully saturated rings. The fourth-order valence-corrected chi connectivity index (χ4v) is 5.59. The molecule has 1 aromatic heterocycles. The van der Waals surface area contributed by atoms with Crippen molar-refractivity contribution in [2.24, 2.45) is 11.4 Å². The fourth-order valence-electron chi connectivity index (χ4n) is 3.71. The average molecular weight is 507 g/mol. The number of amides is 1. The Bertz CT molecular complexity index is 1350. The van der Waals surface area contributed by atoms with Gasteiger partial charge in [0.1, 0.15) is 23.9 Å². The Morgan fingerprint density at radius 1 is 1.32 bits per heavy atom. The summed E-state index contributed by atoms with van der Waals surface area (Å²) in [5.74, 6) is 0.0622. The van der Waals surface area contributed by atoms with Gasteiger partial charge >= 0.3 is 0 Å². The maximum Gasteiger partial charge on any atom is 0.258 e. The molecule has 2 aromatic carbocycles. The van der Waals surface area contributed by atoms with Gasteiger partial charge in [0.25, 0.3) is 5.91 Å². The number of nitrogens with zero attached hydrogens (tertiary/aromatic N) is 3. The number of hydrogen-bond acceptors (Lipinski definition) is 6. The number of methoxy groups -OCH3 is 1. The Morgan fingerprint density at radius 3 is 2.74 bits per heavy atom. The van der Waals surface area contributed by atoms with Crippen LogP contribution in [0.1, 0.15) is 16.8 Å². The van der Waals surface area contributed by atoms with E-state index in [0.717, 1.165) is 6.07 Å². The highest BCUT2D eigenvalue weighted by atomic mass is 35.5. The smallest absolute Gasteiger partial charge is 0.258 e. The number of nitrogens with one attached hydrogen (secondary N) is 1. The maximum absolute atomic E-state index is 14.3. The minimum atomic E-state index is -2.15. The second-order valence-electron chi connectivity index (χ2n) is 8.00. The van der Waals surface area contributed by atoms with Gasteiger partial charge in [-0.1, -0.05) is 11.6 Å². The number of aryl methyl sites for hydroxylation is 1. The number of aromatic nitrogens is 2. The van der Waals surface area contributed by atoms with Crippen molar-refractivity contribution in [1.29, 1.82) is 0 Å². The van der Waals surface area contributed by atoms with Crippen LogP contribution in [0, 0.1) is 5.82 Å². The van der Waals surface area contributed by atoms with E-state index in [1.807, 2.05) is 0 Å². The molecule has 1 N–H and O–H groups in total. The number of halogens is 2. The second-order valence-corrected chi connectivity index (χ2v) is 10.9. The molecule has 8 nitrogen and oxygen atoms in total.